The molecule has 0 saturated carbocycles. The second kappa shape index (κ2) is 6.20. The standard InChI is InChI=1S/C12H15NO3S/c1-8(2)16-12(17)13-10-5-3-4-9(6-10)7-11(14)15/h3-6,8H,7H2,1-2H3,(H,13,17)(H,14,15). The minimum atomic E-state index is -0.858. The molecular formula is C12H15NO3S. The maximum atomic E-state index is 10.6. The van der Waals surface area contributed by atoms with Crippen LogP contribution < -0.4 is 5.32 Å². The van der Waals surface area contributed by atoms with Crippen LogP contribution in [0.4, 0.5) is 5.69 Å². The molecule has 5 heteroatoms. The van der Waals surface area contributed by atoms with Gasteiger partial charge in [0, 0.05) is 5.69 Å². The minimum absolute atomic E-state index is 0.00663. The Morgan fingerprint density at radius 3 is 2.82 bits per heavy atom. The SMILES string of the molecule is CC(C)OC(=S)Nc1cccc(CC(=O)O)c1. The first-order valence-corrected chi connectivity index (χ1v) is 5.66. The third kappa shape index (κ3) is 5.31. The van der Waals surface area contributed by atoms with Crippen LogP contribution in [0.3, 0.4) is 0 Å². The second-order valence-electron chi connectivity index (χ2n) is 3.85. The number of nitrogens with one attached hydrogen (secondary N) is 1. The first-order valence-electron chi connectivity index (χ1n) is 5.25. The van der Waals surface area contributed by atoms with Crippen LogP contribution in [-0.2, 0) is 16.0 Å². The zero-order valence-corrected chi connectivity index (χ0v) is 10.6. The smallest absolute Gasteiger partial charge is 0.307 e. The fourth-order valence-corrected chi connectivity index (χ4v) is 1.61. The molecular weight excluding hydrogens is 238 g/mol. The molecule has 0 saturated heterocycles. The number of carbonyl (C=O) groups is 1. The average molecular weight is 253 g/mol. The summed E-state index contributed by atoms with van der Waals surface area (Å²) in [6, 6.07) is 7.08. The summed E-state index contributed by atoms with van der Waals surface area (Å²) in [5, 5.41) is 11.9. The minimum Gasteiger partial charge on any atom is -0.481 e. The number of hydrogen-bond donors (Lipinski definition) is 2. The molecule has 0 aliphatic carbocycles. The number of carboxylic acid groups (broad SMARTS) is 1. The Balaban J connectivity index is 2.65. The van der Waals surface area contributed by atoms with Crippen molar-refractivity contribution in [1.82, 2.24) is 0 Å². The fourth-order valence-electron chi connectivity index (χ4n) is 1.30. The van der Waals surface area contributed by atoms with Gasteiger partial charge in [0.15, 0.2) is 0 Å². The van der Waals surface area contributed by atoms with E-state index >= 15 is 0 Å². The van der Waals surface area contributed by atoms with Gasteiger partial charge in [-0.1, -0.05) is 12.1 Å². The van der Waals surface area contributed by atoms with Crippen LogP contribution >= 0.6 is 12.2 Å². The Labute approximate surface area is 106 Å². The molecule has 92 valence electrons. The van der Waals surface area contributed by atoms with Crippen LogP contribution in [0.5, 0.6) is 0 Å². The second-order valence-corrected chi connectivity index (χ2v) is 4.22. The summed E-state index contributed by atoms with van der Waals surface area (Å²) >= 11 is 4.99. The molecule has 0 fully saturated rings. The number of carboxylic acids is 1. The van der Waals surface area contributed by atoms with E-state index < -0.39 is 5.97 Å². The Hall–Kier alpha value is -1.62. The summed E-state index contributed by atoms with van der Waals surface area (Å²) in [6.45, 7) is 3.77. The summed E-state index contributed by atoms with van der Waals surface area (Å²) in [6.07, 6.45) is 0.00467. The molecule has 1 aromatic rings. The van der Waals surface area contributed by atoms with Crippen molar-refractivity contribution in [3.05, 3.63) is 29.8 Å². The molecule has 0 radical (unpaired) electrons. The highest BCUT2D eigenvalue weighted by molar-refractivity contribution is 7.80. The predicted molar refractivity (Wildman–Crippen MR) is 70.2 cm³/mol. The van der Waals surface area contributed by atoms with Gasteiger partial charge in [0.1, 0.15) is 0 Å². The summed E-state index contributed by atoms with van der Waals surface area (Å²) in [5.74, 6) is -0.858. The molecule has 0 aliphatic heterocycles. The Morgan fingerprint density at radius 1 is 1.53 bits per heavy atom. The van der Waals surface area contributed by atoms with E-state index in [0.717, 1.165) is 11.3 Å². The van der Waals surface area contributed by atoms with Gasteiger partial charge < -0.3 is 15.2 Å². The van der Waals surface area contributed by atoms with Crippen LogP contribution in [0.2, 0.25) is 0 Å². The van der Waals surface area contributed by atoms with Crippen molar-refractivity contribution >= 4 is 29.0 Å². The molecule has 0 unspecified atom stereocenters. The van der Waals surface area contributed by atoms with E-state index in [0.29, 0.717) is 0 Å². The van der Waals surface area contributed by atoms with Crippen molar-refractivity contribution in [3.8, 4) is 0 Å². The lowest BCUT2D eigenvalue weighted by molar-refractivity contribution is -0.136. The average Bonchev–Trinajstić information content (AvgIpc) is 2.14. The first kappa shape index (κ1) is 13.4. The van der Waals surface area contributed by atoms with Gasteiger partial charge in [0.2, 0.25) is 0 Å². The van der Waals surface area contributed by atoms with Gasteiger partial charge in [-0.05, 0) is 43.8 Å². The Morgan fingerprint density at radius 2 is 2.24 bits per heavy atom. The largest absolute Gasteiger partial charge is 0.481 e. The third-order valence-electron chi connectivity index (χ3n) is 1.87. The predicted octanol–water partition coefficient (Wildman–Crippen LogP) is 2.44. The molecule has 0 atom stereocenters. The van der Waals surface area contributed by atoms with Gasteiger partial charge in [-0.2, -0.15) is 0 Å². The highest BCUT2D eigenvalue weighted by atomic mass is 32.1. The number of hydrogen-bond acceptors (Lipinski definition) is 3. The van der Waals surface area contributed by atoms with Gasteiger partial charge in [0.05, 0.1) is 12.5 Å². The van der Waals surface area contributed by atoms with E-state index in [9.17, 15) is 4.79 Å². The number of rotatable bonds is 4. The monoisotopic (exact) mass is 253 g/mol. The molecule has 1 aromatic carbocycles. The molecule has 0 aromatic heterocycles. The molecule has 2 N–H and O–H groups in total. The summed E-state index contributed by atoms with van der Waals surface area (Å²) in [4.78, 5) is 10.6. The van der Waals surface area contributed by atoms with Crippen molar-refractivity contribution in [2.24, 2.45) is 0 Å². The van der Waals surface area contributed by atoms with Crippen molar-refractivity contribution in [2.45, 2.75) is 26.4 Å². The van der Waals surface area contributed by atoms with E-state index in [-0.39, 0.29) is 17.7 Å². The molecule has 0 amide bonds. The zero-order valence-electron chi connectivity index (χ0n) is 9.77. The molecule has 17 heavy (non-hydrogen) atoms. The fraction of sp³-hybridized carbons (Fsp3) is 0.333. The lowest BCUT2D eigenvalue weighted by Gasteiger charge is -2.12. The van der Waals surface area contributed by atoms with Gasteiger partial charge in [-0.3, -0.25) is 4.79 Å². The first-order chi connectivity index (χ1) is 7.97. The molecule has 4 nitrogen and oxygen atoms in total. The highest BCUT2D eigenvalue weighted by Crippen LogP contribution is 2.12. The van der Waals surface area contributed by atoms with Crippen LogP contribution in [0.1, 0.15) is 19.4 Å². The summed E-state index contributed by atoms with van der Waals surface area (Å²) < 4.78 is 5.28. The van der Waals surface area contributed by atoms with E-state index in [1.165, 1.54) is 0 Å². The maximum Gasteiger partial charge on any atom is 0.307 e. The molecule has 1 rings (SSSR count). The van der Waals surface area contributed by atoms with E-state index in [1.807, 2.05) is 13.8 Å². The van der Waals surface area contributed by atoms with Gasteiger partial charge in [-0.15, -0.1) is 0 Å². The lowest BCUT2D eigenvalue weighted by atomic mass is 10.1. The number of thiocarbonyl (C=S) groups is 1. The zero-order chi connectivity index (χ0) is 12.8. The van der Waals surface area contributed by atoms with Crippen LogP contribution in [0.15, 0.2) is 24.3 Å². The molecule has 0 bridgehead atoms. The molecule has 0 heterocycles. The number of aliphatic carboxylic acids is 1. The van der Waals surface area contributed by atoms with Gasteiger partial charge >= 0.3 is 5.97 Å². The molecule has 0 aliphatic rings. The maximum absolute atomic E-state index is 10.6. The van der Waals surface area contributed by atoms with E-state index in [2.05, 4.69) is 5.32 Å². The Kier molecular flexibility index (Phi) is 4.90. The summed E-state index contributed by atoms with van der Waals surface area (Å²) in [5.41, 5.74) is 1.45. The highest BCUT2D eigenvalue weighted by Gasteiger charge is 2.04. The quantitative estimate of drug-likeness (QED) is 0.807. The number of benzene rings is 1. The third-order valence-corrected chi connectivity index (χ3v) is 2.07. The number of ether oxygens (including phenoxy) is 1. The van der Waals surface area contributed by atoms with Gasteiger partial charge in [0.25, 0.3) is 5.17 Å². The van der Waals surface area contributed by atoms with Crippen LogP contribution in [0.25, 0.3) is 0 Å². The van der Waals surface area contributed by atoms with Crippen LogP contribution in [0, 0.1) is 0 Å². The van der Waals surface area contributed by atoms with Gasteiger partial charge in [-0.25, -0.2) is 0 Å². The lowest BCUT2D eigenvalue weighted by Crippen LogP contribution is -2.17. The molecule has 0 spiro atoms. The van der Waals surface area contributed by atoms with E-state index in [1.54, 1.807) is 24.3 Å². The van der Waals surface area contributed by atoms with Crippen molar-refractivity contribution in [2.75, 3.05) is 5.32 Å². The summed E-state index contributed by atoms with van der Waals surface area (Å²) in [7, 11) is 0. The van der Waals surface area contributed by atoms with Crippen molar-refractivity contribution in [1.29, 1.82) is 0 Å². The van der Waals surface area contributed by atoms with Crippen molar-refractivity contribution in [3.63, 3.8) is 0 Å². The van der Waals surface area contributed by atoms with Crippen molar-refractivity contribution < 1.29 is 14.6 Å². The normalized spacial score (nSPS) is 10.1. The Bertz CT molecular complexity index is 418. The topological polar surface area (TPSA) is 58.6 Å². The van der Waals surface area contributed by atoms with Crippen LogP contribution in [-0.4, -0.2) is 22.4 Å². The number of anilines is 1. The van der Waals surface area contributed by atoms with E-state index in [4.69, 9.17) is 22.1 Å².